The maximum atomic E-state index is 12.5. The van der Waals surface area contributed by atoms with Crippen molar-refractivity contribution in [2.24, 2.45) is 0 Å². The van der Waals surface area contributed by atoms with Gasteiger partial charge in [-0.25, -0.2) is 0 Å². The second-order valence-electron chi connectivity index (χ2n) is 6.21. The van der Waals surface area contributed by atoms with Crippen LogP contribution in [0, 0.1) is 6.92 Å². The highest BCUT2D eigenvalue weighted by Crippen LogP contribution is 2.20. The zero-order valence-electron chi connectivity index (χ0n) is 13.6. The number of fused-ring (bicyclic) bond motifs is 2. The molecule has 0 spiro atoms. The number of rotatable bonds is 3. The number of H-pyrrole nitrogens is 1. The highest BCUT2D eigenvalue weighted by Gasteiger charge is 2.17. The number of carbonyl (C=O) groups is 1. The Bertz CT molecular complexity index is 880. The number of para-hydroxylation sites is 1. The van der Waals surface area contributed by atoms with Gasteiger partial charge in [-0.05, 0) is 48.7 Å². The summed E-state index contributed by atoms with van der Waals surface area (Å²) in [5.41, 5.74) is 6.28. The third-order valence-corrected chi connectivity index (χ3v) is 4.67. The van der Waals surface area contributed by atoms with E-state index in [9.17, 15) is 4.79 Å². The number of carbonyl (C=O) groups excluding carboxylic acids is 1. The number of nitrogens with zero attached hydrogens (tertiary/aromatic N) is 1. The summed E-state index contributed by atoms with van der Waals surface area (Å²) >= 11 is 0. The fourth-order valence-electron chi connectivity index (χ4n) is 3.34. The third kappa shape index (κ3) is 2.67. The van der Waals surface area contributed by atoms with Crippen molar-refractivity contribution in [2.45, 2.75) is 26.4 Å². The molecule has 0 fully saturated rings. The first-order valence-electron chi connectivity index (χ1n) is 8.25. The maximum Gasteiger partial charge on any atom is 0.267 e. The van der Waals surface area contributed by atoms with Gasteiger partial charge in [0.1, 0.15) is 5.69 Å². The summed E-state index contributed by atoms with van der Waals surface area (Å²) in [4.78, 5) is 20.1. The number of benzene rings is 1. The Morgan fingerprint density at radius 1 is 1.33 bits per heavy atom. The summed E-state index contributed by atoms with van der Waals surface area (Å²) in [5.74, 6) is -0.0860. The molecule has 0 saturated carbocycles. The largest absolute Gasteiger partial charge is 0.351 e. The molecule has 1 aliphatic heterocycles. The van der Waals surface area contributed by atoms with Crippen molar-refractivity contribution in [1.82, 2.24) is 20.6 Å². The van der Waals surface area contributed by atoms with Crippen LogP contribution in [0.4, 0.5) is 0 Å². The molecule has 1 aromatic carbocycles. The van der Waals surface area contributed by atoms with Crippen LogP contribution >= 0.6 is 0 Å². The monoisotopic (exact) mass is 320 g/mol. The predicted molar refractivity (Wildman–Crippen MR) is 93.9 cm³/mol. The molecule has 0 saturated heterocycles. The molecule has 1 aliphatic rings. The molecule has 2 aromatic heterocycles. The van der Waals surface area contributed by atoms with E-state index in [1.54, 1.807) is 0 Å². The molecule has 3 aromatic rings. The first-order valence-corrected chi connectivity index (χ1v) is 8.25. The minimum atomic E-state index is -0.0860. The van der Waals surface area contributed by atoms with Crippen molar-refractivity contribution in [3.63, 3.8) is 0 Å². The summed E-state index contributed by atoms with van der Waals surface area (Å²) in [5, 5.41) is 7.44. The van der Waals surface area contributed by atoms with Gasteiger partial charge in [-0.3, -0.25) is 9.78 Å². The van der Waals surface area contributed by atoms with Crippen LogP contribution in [0.2, 0.25) is 0 Å². The number of aromatic amines is 1. The number of amides is 1. The van der Waals surface area contributed by atoms with Crippen LogP contribution in [0.5, 0.6) is 0 Å². The fraction of sp³-hybridized carbons (Fsp3) is 0.263. The number of hydrogen-bond donors (Lipinski definition) is 3. The molecular weight excluding hydrogens is 300 g/mol. The van der Waals surface area contributed by atoms with E-state index >= 15 is 0 Å². The van der Waals surface area contributed by atoms with Crippen LogP contribution in [0.1, 0.15) is 32.9 Å². The number of hydrogen-bond acceptors (Lipinski definition) is 3. The molecule has 0 unspecified atom stereocenters. The molecule has 0 radical (unpaired) electrons. The van der Waals surface area contributed by atoms with Gasteiger partial charge in [0.05, 0.1) is 0 Å². The summed E-state index contributed by atoms with van der Waals surface area (Å²) in [6, 6.07) is 9.79. The van der Waals surface area contributed by atoms with Crippen molar-refractivity contribution in [3.05, 3.63) is 64.6 Å². The molecule has 5 nitrogen and oxygen atoms in total. The number of aryl methyl sites for hydroxylation is 1. The van der Waals surface area contributed by atoms with E-state index in [1.165, 1.54) is 11.1 Å². The van der Waals surface area contributed by atoms with Gasteiger partial charge in [0.2, 0.25) is 0 Å². The molecule has 3 N–H and O–H groups in total. The Kier molecular flexibility index (Phi) is 3.78. The van der Waals surface area contributed by atoms with E-state index in [0.29, 0.717) is 12.2 Å². The van der Waals surface area contributed by atoms with Gasteiger partial charge in [-0.1, -0.05) is 18.2 Å². The van der Waals surface area contributed by atoms with Gasteiger partial charge in [0.15, 0.2) is 0 Å². The van der Waals surface area contributed by atoms with Gasteiger partial charge < -0.3 is 15.6 Å². The van der Waals surface area contributed by atoms with E-state index < -0.39 is 0 Å². The van der Waals surface area contributed by atoms with Gasteiger partial charge in [0, 0.05) is 35.9 Å². The summed E-state index contributed by atoms with van der Waals surface area (Å²) in [7, 11) is 0. The van der Waals surface area contributed by atoms with Crippen LogP contribution in [0.25, 0.3) is 10.9 Å². The SMILES string of the molecule is Cc1ncc2c(c1CNC(=O)c1cc3ccccc3[nH]1)CCNC2. The number of pyridine rings is 1. The molecule has 122 valence electrons. The molecule has 5 heteroatoms. The molecule has 1 amide bonds. The quantitative estimate of drug-likeness (QED) is 0.694. The molecule has 0 aliphatic carbocycles. The number of nitrogens with one attached hydrogen (secondary N) is 3. The van der Waals surface area contributed by atoms with Gasteiger partial charge in [-0.2, -0.15) is 0 Å². The summed E-state index contributed by atoms with van der Waals surface area (Å²) in [6.07, 6.45) is 2.93. The van der Waals surface area contributed by atoms with Gasteiger partial charge in [0.25, 0.3) is 5.91 Å². The highest BCUT2D eigenvalue weighted by molar-refractivity contribution is 5.97. The molecular formula is C19H20N4O. The lowest BCUT2D eigenvalue weighted by Gasteiger charge is -2.21. The van der Waals surface area contributed by atoms with Crippen molar-refractivity contribution >= 4 is 16.8 Å². The second-order valence-corrected chi connectivity index (χ2v) is 6.21. The first-order chi connectivity index (χ1) is 11.7. The topological polar surface area (TPSA) is 69.8 Å². The number of aromatic nitrogens is 2. The van der Waals surface area contributed by atoms with Crippen molar-refractivity contribution in [1.29, 1.82) is 0 Å². The minimum Gasteiger partial charge on any atom is -0.351 e. The van der Waals surface area contributed by atoms with Crippen LogP contribution in [0.3, 0.4) is 0 Å². The van der Waals surface area contributed by atoms with E-state index in [1.807, 2.05) is 43.5 Å². The summed E-state index contributed by atoms with van der Waals surface area (Å²) in [6.45, 7) is 4.34. The van der Waals surface area contributed by atoms with Crippen molar-refractivity contribution in [2.75, 3.05) is 6.54 Å². The third-order valence-electron chi connectivity index (χ3n) is 4.67. The molecule has 0 bridgehead atoms. The lowest BCUT2D eigenvalue weighted by molar-refractivity contribution is 0.0946. The summed E-state index contributed by atoms with van der Waals surface area (Å²) < 4.78 is 0. The normalized spacial score (nSPS) is 13.7. The first kappa shape index (κ1) is 14.9. The standard InChI is InChI=1S/C19H20N4O/c1-12-16(15-6-7-20-9-14(15)10-21-12)11-22-19(24)18-8-13-4-2-3-5-17(13)23-18/h2-5,8,10,20,23H,6-7,9,11H2,1H3,(H,22,24). The molecule has 4 rings (SSSR count). The van der Waals surface area contributed by atoms with Gasteiger partial charge >= 0.3 is 0 Å². The minimum absolute atomic E-state index is 0.0860. The van der Waals surface area contributed by atoms with E-state index in [2.05, 4.69) is 20.6 Å². The predicted octanol–water partition coefficient (Wildman–Crippen LogP) is 2.45. The van der Waals surface area contributed by atoms with Crippen LogP contribution in [-0.2, 0) is 19.5 Å². The molecule has 24 heavy (non-hydrogen) atoms. The van der Waals surface area contributed by atoms with Gasteiger partial charge in [-0.15, -0.1) is 0 Å². The van der Waals surface area contributed by atoms with E-state index in [4.69, 9.17) is 0 Å². The molecule has 0 atom stereocenters. The average molecular weight is 320 g/mol. The smallest absolute Gasteiger partial charge is 0.267 e. The van der Waals surface area contributed by atoms with Crippen molar-refractivity contribution < 1.29 is 4.79 Å². The van der Waals surface area contributed by atoms with E-state index in [0.717, 1.165) is 41.7 Å². The average Bonchev–Trinajstić information content (AvgIpc) is 3.05. The Balaban J connectivity index is 1.55. The Hall–Kier alpha value is -2.66. The lowest BCUT2D eigenvalue weighted by atomic mass is 9.96. The van der Waals surface area contributed by atoms with Crippen LogP contribution < -0.4 is 10.6 Å². The van der Waals surface area contributed by atoms with Crippen molar-refractivity contribution in [3.8, 4) is 0 Å². The maximum absolute atomic E-state index is 12.5. The van der Waals surface area contributed by atoms with Crippen LogP contribution in [0.15, 0.2) is 36.5 Å². The Labute approximate surface area is 140 Å². The fourth-order valence-corrected chi connectivity index (χ4v) is 3.34. The highest BCUT2D eigenvalue weighted by atomic mass is 16.1. The zero-order valence-corrected chi connectivity index (χ0v) is 13.6. The second kappa shape index (κ2) is 6.09. The molecule has 3 heterocycles. The Morgan fingerprint density at radius 3 is 3.08 bits per heavy atom. The zero-order chi connectivity index (χ0) is 16.5. The van der Waals surface area contributed by atoms with Crippen LogP contribution in [-0.4, -0.2) is 22.4 Å². The lowest BCUT2D eigenvalue weighted by Crippen LogP contribution is -2.29. The Morgan fingerprint density at radius 2 is 2.21 bits per heavy atom. The van der Waals surface area contributed by atoms with E-state index in [-0.39, 0.29) is 5.91 Å².